The number of rotatable bonds is 7. The average Bonchev–Trinajstić information content (AvgIpc) is 2.31. The summed E-state index contributed by atoms with van der Waals surface area (Å²) in [6.45, 7) is 4.78. The third-order valence-corrected chi connectivity index (χ3v) is 2.81. The molecule has 1 amide bonds. The van der Waals surface area contributed by atoms with Gasteiger partial charge in [-0.3, -0.25) is 4.79 Å². The Bertz CT molecular complexity index is 191. The number of carbonyl (C=O) groups excluding carboxylic acids is 1. The summed E-state index contributed by atoms with van der Waals surface area (Å²) in [5.41, 5.74) is 0. The van der Waals surface area contributed by atoms with E-state index >= 15 is 0 Å². The van der Waals surface area contributed by atoms with Gasteiger partial charge in [-0.15, -0.1) is 0 Å². The molecular weight excluding hydrogens is 204 g/mol. The number of hydrogen-bond donors (Lipinski definition) is 2. The molecule has 1 aliphatic rings. The standard InChI is InChI=1S/C12H24N2O2/c1-2-9-16-10-12(15)14-8-6-11-5-3-4-7-13-11/h11,13H,2-10H2,1H3,(H,14,15). The van der Waals surface area contributed by atoms with Gasteiger partial charge in [0.2, 0.25) is 5.91 Å². The molecule has 94 valence electrons. The van der Waals surface area contributed by atoms with Crippen molar-refractivity contribution < 1.29 is 9.53 Å². The lowest BCUT2D eigenvalue weighted by molar-refractivity contribution is -0.125. The molecule has 0 aromatic carbocycles. The fourth-order valence-electron chi connectivity index (χ4n) is 1.92. The number of hydrogen-bond acceptors (Lipinski definition) is 3. The number of ether oxygens (including phenoxy) is 1. The van der Waals surface area contributed by atoms with Gasteiger partial charge >= 0.3 is 0 Å². The van der Waals surface area contributed by atoms with Crippen LogP contribution < -0.4 is 10.6 Å². The van der Waals surface area contributed by atoms with E-state index in [4.69, 9.17) is 4.74 Å². The number of nitrogens with one attached hydrogen (secondary N) is 2. The fraction of sp³-hybridized carbons (Fsp3) is 0.917. The van der Waals surface area contributed by atoms with Crippen LogP contribution in [0.5, 0.6) is 0 Å². The monoisotopic (exact) mass is 228 g/mol. The molecule has 0 bridgehead atoms. The van der Waals surface area contributed by atoms with Gasteiger partial charge in [-0.25, -0.2) is 0 Å². The second-order valence-electron chi connectivity index (χ2n) is 4.34. The quantitative estimate of drug-likeness (QED) is 0.641. The van der Waals surface area contributed by atoms with Crippen molar-refractivity contribution >= 4 is 5.91 Å². The number of amides is 1. The Hall–Kier alpha value is -0.610. The molecule has 0 spiro atoms. The van der Waals surface area contributed by atoms with E-state index in [1.165, 1.54) is 19.3 Å². The topological polar surface area (TPSA) is 50.4 Å². The molecule has 0 aromatic heterocycles. The van der Waals surface area contributed by atoms with Crippen molar-refractivity contribution in [1.29, 1.82) is 0 Å². The highest BCUT2D eigenvalue weighted by Crippen LogP contribution is 2.08. The van der Waals surface area contributed by atoms with Crippen LogP contribution in [0.3, 0.4) is 0 Å². The average molecular weight is 228 g/mol. The van der Waals surface area contributed by atoms with Crippen LogP contribution in [0.1, 0.15) is 39.0 Å². The molecule has 4 nitrogen and oxygen atoms in total. The molecule has 4 heteroatoms. The molecule has 0 aliphatic carbocycles. The summed E-state index contributed by atoms with van der Waals surface area (Å²) in [6.07, 6.45) is 5.82. The van der Waals surface area contributed by atoms with Gasteiger partial charge < -0.3 is 15.4 Å². The van der Waals surface area contributed by atoms with Crippen LogP contribution in [0.25, 0.3) is 0 Å². The maximum atomic E-state index is 11.3. The van der Waals surface area contributed by atoms with Gasteiger partial charge in [0.15, 0.2) is 0 Å². The minimum atomic E-state index is 0.00394. The first-order valence-electron chi connectivity index (χ1n) is 6.40. The smallest absolute Gasteiger partial charge is 0.245 e. The molecule has 1 aliphatic heterocycles. The van der Waals surface area contributed by atoms with Gasteiger partial charge in [-0.1, -0.05) is 13.3 Å². The molecule has 1 heterocycles. The predicted octanol–water partition coefficient (Wildman–Crippen LogP) is 1.06. The van der Waals surface area contributed by atoms with E-state index in [1.807, 2.05) is 6.92 Å². The zero-order valence-corrected chi connectivity index (χ0v) is 10.3. The molecule has 0 saturated carbocycles. The zero-order chi connectivity index (χ0) is 11.6. The molecule has 0 radical (unpaired) electrons. The Morgan fingerprint density at radius 1 is 1.50 bits per heavy atom. The molecular formula is C12H24N2O2. The third kappa shape index (κ3) is 6.08. The lowest BCUT2D eigenvalue weighted by Crippen LogP contribution is -2.38. The maximum absolute atomic E-state index is 11.3. The molecule has 2 N–H and O–H groups in total. The summed E-state index contributed by atoms with van der Waals surface area (Å²) in [7, 11) is 0. The molecule has 1 atom stereocenters. The van der Waals surface area contributed by atoms with Crippen LogP contribution in [0.4, 0.5) is 0 Å². The van der Waals surface area contributed by atoms with Crippen molar-refractivity contribution in [3.63, 3.8) is 0 Å². The Balaban J connectivity index is 1.94. The summed E-state index contributed by atoms with van der Waals surface area (Å²) >= 11 is 0. The van der Waals surface area contributed by atoms with Gasteiger partial charge in [0.05, 0.1) is 0 Å². The summed E-state index contributed by atoms with van der Waals surface area (Å²) in [5.74, 6) is 0.00394. The minimum absolute atomic E-state index is 0.00394. The Morgan fingerprint density at radius 3 is 3.06 bits per heavy atom. The summed E-state index contributed by atoms with van der Waals surface area (Å²) in [6, 6.07) is 0.589. The highest BCUT2D eigenvalue weighted by molar-refractivity contribution is 5.77. The van der Waals surface area contributed by atoms with Gasteiger partial charge in [0.1, 0.15) is 6.61 Å². The van der Waals surface area contributed by atoms with Crippen LogP contribution in [-0.4, -0.2) is 38.3 Å². The largest absolute Gasteiger partial charge is 0.372 e. The van der Waals surface area contributed by atoms with Crippen molar-refractivity contribution in [3.8, 4) is 0 Å². The van der Waals surface area contributed by atoms with Gasteiger partial charge in [-0.05, 0) is 32.2 Å². The normalized spacial score (nSPS) is 20.7. The zero-order valence-electron chi connectivity index (χ0n) is 10.3. The van der Waals surface area contributed by atoms with Crippen molar-refractivity contribution in [2.24, 2.45) is 0 Å². The van der Waals surface area contributed by atoms with E-state index in [0.717, 1.165) is 25.9 Å². The van der Waals surface area contributed by atoms with Crippen molar-refractivity contribution in [2.45, 2.75) is 45.1 Å². The Morgan fingerprint density at radius 2 is 2.38 bits per heavy atom. The van der Waals surface area contributed by atoms with E-state index in [9.17, 15) is 4.79 Å². The van der Waals surface area contributed by atoms with Crippen LogP contribution in [0, 0.1) is 0 Å². The van der Waals surface area contributed by atoms with Gasteiger partial charge in [0.25, 0.3) is 0 Å². The van der Waals surface area contributed by atoms with Crippen LogP contribution in [-0.2, 0) is 9.53 Å². The van der Waals surface area contributed by atoms with Crippen LogP contribution in [0.2, 0.25) is 0 Å². The lowest BCUT2D eigenvalue weighted by atomic mass is 10.0. The van der Waals surface area contributed by atoms with Crippen molar-refractivity contribution in [2.75, 3.05) is 26.3 Å². The van der Waals surface area contributed by atoms with Gasteiger partial charge in [0, 0.05) is 19.2 Å². The van der Waals surface area contributed by atoms with Crippen LogP contribution >= 0.6 is 0 Å². The summed E-state index contributed by atoms with van der Waals surface area (Å²) < 4.78 is 5.16. The highest BCUT2D eigenvalue weighted by atomic mass is 16.5. The van der Waals surface area contributed by atoms with E-state index in [-0.39, 0.29) is 12.5 Å². The molecule has 1 rings (SSSR count). The molecule has 16 heavy (non-hydrogen) atoms. The minimum Gasteiger partial charge on any atom is -0.372 e. The second kappa shape index (κ2) is 8.53. The number of carbonyl (C=O) groups is 1. The predicted molar refractivity (Wildman–Crippen MR) is 64.4 cm³/mol. The number of piperidine rings is 1. The van der Waals surface area contributed by atoms with E-state index in [2.05, 4.69) is 10.6 Å². The third-order valence-electron chi connectivity index (χ3n) is 2.81. The SMILES string of the molecule is CCCOCC(=O)NCCC1CCCCN1. The first-order valence-corrected chi connectivity index (χ1v) is 6.40. The molecule has 1 fully saturated rings. The maximum Gasteiger partial charge on any atom is 0.245 e. The van der Waals surface area contributed by atoms with Gasteiger partial charge in [-0.2, -0.15) is 0 Å². The molecule has 1 unspecified atom stereocenters. The second-order valence-corrected chi connectivity index (χ2v) is 4.34. The molecule has 0 aromatic rings. The van der Waals surface area contributed by atoms with Crippen molar-refractivity contribution in [3.05, 3.63) is 0 Å². The highest BCUT2D eigenvalue weighted by Gasteiger charge is 2.12. The van der Waals surface area contributed by atoms with E-state index in [0.29, 0.717) is 12.6 Å². The summed E-state index contributed by atoms with van der Waals surface area (Å²) in [4.78, 5) is 11.3. The molecule has 1 saturated heterocycles. The Labute approximate surface area is 98.1 Å². The Kier molecular flexibility index (Phi) is 7.17. The lowest BCUT2D eigenvalue weighted by Gasteiger charge is -2.23. The first kappa shape index (κ1) is 13.5. The van der Waals surface area contributed by atoms with Crippen molar-refractivity contribution in [1.82, 2.24) is 10.6 Å². The van der Waals surface area contributed by atoms with E-state index in [1.54, 1.807) is 0 Å². The fourth-order valence-corrected chi connectivity index (χ4v) is 1.92. The van der Waals surface area contributed by atoms with E-state index < -0.39 is 0 Å². The van der Waals surface area contributed by atoms with Crippen LogP contribution in [0.15, 0.2) is 0 Å². The first-order chi connectivity index (χ1) is 7.83. The summed E-state index contributed by atoms with van der Waals surface area (Å²) in [5, 5.41) is 6.35.